The smallest absolute Gasteiger partial charge is 0.358 e. The van der Waals surface area contributed by atoms with Gasteiger partial charge in [0.25, 0.3) is 0 Å². The topological polar surface area (TPSA) is 41.8 Å². The van der Waals surface area contributed by atoms with E-state index in [9.17, 15) is 13.2 Å². The third kappa shape index (κ3) is 2.44. The summed E-state index contributed by atoms with van der Waals surface area (Å²) in [6.45, 7) is 1.74. The molecule has 0 aliphatic heterocycles. The second kappa shape index (κ2) is 4.07. The molecule has 0 aliphatic rings. The van der Waals surface area contributed by atoms with Gasteiger partial charge in [-0.25, -0.2) is 0 Å². The molecule has 17 heavy (non-hydrogen) atoms. The van der Waals surface area contributed by atoms with Gasteiger partial charge in [0.1, 0.15) is 0 Å². The van der Waals surface area contributed by atoms with E-state index in [1.54, 1.807) is 19.1 Å². The fourth-order valence-electron chi connectivity index (χ4n) is 2.13. The van der Waals surface area contributed by atoms with E-state index in [-0.39, 0.29) is 0 Å². The Balaban J connectivity index is 2.44. The molecule has 2 rings (SSSR count). The summed E-state index contributed by atoms with van der Waals surface area (Å²) in [5.41, 5.74) is 7.72. The summed E-state index contributed by atoms with van der Waals surface area (Å²) in [7, 11) is 0. The highest BCUT2D eigenvalue weighted by molar-refractivity contribution is 5.85. The van der Waals surface area contributed by atoms with Crippen LogP contribution in [0.15, 0.2) is 24.3 Å². The lowest BCUT2D eigenvalue weighted by atomic mass is 10.0. The Morgan fingerprint density at radius 2 is 1.94 bits per heavy atom. The number of halogens is 3. The number of aryl methyl sites for hydroxylation is 1. The van der Waals surface area contributed by atoms with Crippen molar-refractivity contribution in [3.05, 3.63) is 35.5 Å². The summed E-state index contributed by atoms with van der Waals surface area (Å²) in [6, 6.07) is 6.21. The van der Waals surface area contributed by atoms with Crippen LogP contribution in [0, 0.1) is 6.92 Å². The molecule has 0 fully saturated rings. The van der Waals surface area contributed by atoms with Crippen molar-refractivity contribution in [1.29, 1.82) is 0 Å². The third-order valence-electron chi connectivity index (χ3n) is 2.77. The van der Waals surface area contributed by atoms with Crippen LogP contribution in [0.2, 0.25) is 0 Å². The minimum Gasteiger partial charge on any atom is -0.358 e. The number of nitrogens with two attached hydrogens (primary N) is 1. The molecule has 0 amide bonds. The van der Waals surface area contributed by atoms with E-state index < -0.39 is 18.6 Å². The second-order valence-corrected chi connectivity index (χ2v) is 4.14. The molecule has 0 saturated carbocycles. The maximum Gasteiger partial charge on any atom is 0.390 e. The zero-order valence-corrected chi connectivity index (χ0v) is 9.31. The van der Waals surface area contributed by atoms with Gasteiger partial charge in [0.2, 0.25) is 0 Å². The molecule has 0 radical (unpaired) electrons. The molecule has 1 aromatic carbocycles. The second-order valence-electron chi connectivity index (χ2n) is 4.14. The van der Waals surface area contributed by atoms with E-state index >= 15 is 0 Å². The van der Waals surface area contributed by atoms with Gasteiger partial charge >= 0.3 is 6.18 Å². The maximum atomic E-state index is 12.3. The summed E-state index contributed by atoms with van der Waals surface area (Å²) < 4.78 is 37.0. The van der Waals surface area contributed by atoms with Crippen molar-refractivity contribution in [1.82, 2.24) is 4.98 Å². The Morgan fingerprint density at radius 1 is 1.29 bits per heavy atom. The normalized spacial score (nSPS) is 14.2. The Labute approximate surface area is 96.6 Å². The highest BCUT2D eigenvalue weighted by Gasteiger charge is 2.32. The van der Waals surface area contributed by atoms with Gasteiger partial charge in [-0.2, -0.15) is 13.2 Å². The Hall–Kier alpha value is -1.49. The van der Waals surface area contributed by atoms with Crippen LogP contribution in [0.3, 0.4) is 0 Å². The first kappa shape index (κ1) is 12.0. The first-order chi connectivity index (χ1) is 7.88. The molecule has 1 heterocycles. The molecule has 0 saturated heterocycles. The van der Waals surface area contributed by atoms with E-state index in [2.05, 4.69) is 4.98 Å². The van der Waals surface area contributed by atoms with Gasteiger partial charge in [-0.05, 0) is 18.6 Å². The van der Waals surface area contributed by atoms with Crippen molar-refractivity contribution in [2.75, 3.05) is 0 Å². The molecule has 2 nitrogen and oxygen atoms in total. The lowest BCUT2D eigenvalue weighted by molar-refractivity contribution is -0.138. The van der Waals surface area contributed by atoms with Crippen molar-refractivity contribution in [3.8, 4) is 0 Å². The quantitative estimate of drug-likeness (QED) is 0.832. The van der Waals surface area contributed by atoms with Crippen LogP contribution >= 0.6 is 0 Å². The van der Waals surface area contributed by atoms with Gasteiger partial charge in [0.15, 0.2) is 0 Å². The van der Waals surface area contributed by atoms with Gasteiger partial charge in [0.05, 0.1) is 6.42 Å². The van der Waals surface area contributed by atoms with Crippen molar-refractivity contribution < 1.29 is 13.2 Å². The maximum absolute atomic E-state index is 12.3. The highest BCUT2D eigenvalue weighted by Crippen LogP contribution is 2.33. The van der Waals surface area contributed by atoms with Crippen molar-refractivity contribution >= 4 is 10.9 Å². The SMILES string of the molecule is Cc1[nH]c2ccccc2c1[C@H](N)CC(F)(F)F. The monoisotopic (exact) mass is 242 g/mol. The largest absolute Gasteiger partial charge is 0.390 e. The average Bonchev–Trinajstić information content (AvgIpc) is 2.50. The molecule has 3 N–H and O–H groups in total. The predicted molar refractivity (Wildman–Crippen MR) is 60.6 cm³/mol. The number of nitrogens with one attached hydrogen (secondary N) is 1. The number of hydrogen-bond acceptors (Lipinski definition) is 1. The zero-order valence-electron chi connectivity index (χ0n) is 9.31. The first-order valence-corrected chi connectivity index (χ1v) is 5.28. The van der Waals surface area contributed by atoms with Crippen LogP contribution in [0.4, 0.5) is 13.2 Å². The summed E-state index contributed by atoms with van der Waals surface area (Å²) in [5, 5.41) is 0.766. The van der Waals surface area contributed by atoms with Crippen molar-refractivity contribution in [2.24, 2.45) is 5.73 Å². The number of H-pyrrole nitrogens is 1. The van der Waals surface area contributed by atoms with E-state index in [1.807, 2.05) is 12.1 Å². The Kier molecular flexibility index (Phi) is 2.87. The van der Waals surface area contributed by atoms with Crippen LogP contribution in [-0.4, -0.2) is 11.2 Å². The molecule has 0 aliphatic carbocycles. The molecule has 1 atom stereocenters. The standard InChI is InChI=1S/C12H13F3N2/c1-7-11(9(16)6-12(13,14)15)8-4-2-3-5-10(8)17-7/h2-5,9,17H,6,16H2,1H3/t9-/m1/s1. The molecule has 0 spiro atoms. The summed E-state index contributed by atoms with van der Waals surface area (Å²) >= 11 is 0. The van der Waals surface area contributed by atoms with Gasteiger partial charge < -0.3 is 10.7 Å². The van der Waals surface area contributed by atoms with E-state index in [0.29, 0.717) is 11.3 Å². The minimum absolute atomic E-state index is 0.554. The first-order valence-electron chi connectivity index (χ1n) is 5.28. The van der Waals surface area contributed by atoms with Crippen molar-refractivity contribution in [2.45, 2.75) is 25.6 Å². The van der Waals surface area contributed by atoms with E-state index in [4.69, 9.17) is 5.73 Å². The van der Waals surface area contributed by atoms with Gasteiger partial charge in [0, 0.05) is 22.6 Å². The molecule has 1 aromatic heterocycles. The number of aromatic nitrogens is 1. The number of aromatic amines is 1. The van der Waals surface area contributed by atoms with Gasteiger partial charge in [-0.3, -0.25) is 0 Å². The predicted octanol–water partition coefficient (Wildman–Crippen LogP) is 3.43. The molecule has 0 unspecified atom stereocenters. The number of alkyl halides is 3. The minimum atomic E-state index is -4.25. The lowest BCUT2D eigenvalue weighted by Gasteiger charge is -2.14. The highest BCUT2D eigenvalue weighted by atomic mass is 19.4. The van der Waals surface area contributed by atoms with Crippen LogP contribution in [-0.2, 0) is 0 Å². The van der Waals surface area contributed by atoms with E-state index in [0.717, 1.165) is 10.9 Å². The average molecular weight is 242 g/mol. The van der Waals surface area contributed by atoms with Crippen LogP contribution in [0.25, 0.3) is 10.9 Å². The summed E-state index contributed by atoms with van der Waals surface area (Å²) in [6.07, 6.45) is -5.25. The van der Waals surface area contributed by atoms with Crippen LogP contribution in [0.1, 0.15) is 23.7 Å². The molecular formula is C12H13F3N2. The zero-order chi connectivity index (χ0) is 12.6. The summed E-state index contributed by atoms with van der Waals surface area (Å²) in [4.78, 5) is 3.05. The number of hydrogen-bond donors (Lipinski definition) is 2. The number of fused-ring (bicyclic) bond motifs is 1. The number of benzene rings is 1. The molecular weight excluding hydrogens is 229 g/mol. The Morgan fingerprint density at radius 3 is 2.59 bits per heavy atom. The molecule has 92 valence electrons. The summed E-state index contributed by atoms with van der Waals surface area (Å²) in [5.74, 6) is 0. The Bertz CT molecular complexity index is 528. The molecule has 5 heteroatoms. The van der Waals surface area contributed by atoms with E-state index in [1.165, 1.54) is 0 Å². The van der Waals surface area contributed by atoms with Gasteiger partial charge in [-0.1, -0.05) is 18.2 Å². The lowest BCUT2D eigenvalue weighted by Crippen LogP contribution is -2.20. The molecule has 2 aromatic rings. The van der Waals surface area contributed by atoms with Crippen LogP contribution in [0.5, 0.6) is 0 Å². The number of rotatable bonds is 2. The van der Waals surface area contributed by atoms with Crippen molar-refractivity contribution in [3.63, 3.8) is 0 Å². The van der Waals surface area contributed by atoms with Crippen LogP contribution < -0.4 is 5.73 Å². The van der Waals surface area contributed by atoms with Gasteiger partial charge in [-0.15, -0.1) is 0 Å². The fourth-order valence-corrected chi connectivity index (χ4v) is 2.13. The number of para-hydroxylation sites is 1. The third-order valence-corrected chi connectivity index (χ3v) is 2.77. The fraction of sp³-hybridized carbons (Fsp3) is 0.333. The molecule has 0 bridgehead atoms.